The van der Waals surface area contributed by atoms with Gasteiger partial charge in [-0.05, 0) is 37.6 Å². The van der Waals surface area contributed by atoms with Gasteiger partial charge in [0, 0.05) is 18.6 Å². The Balaban J connectivity index is 2.07. The van der Waals surface area contributed by atoms with Crippen molar-refractivity contribution in [3.05, 3.63) is 35.6 Å². The number of likely N-dealkylation sites (N-methyl/N-ethyl adjacent to an activating group) is 1. The zero-order chi connectivity index (χ0) is 12.3. The van der Waals surface area contributed by atoms with Gasteiger partial charge in [0.2, 0.25) is 0 Å². The minimum absolute atomic E-state index is 0.131. The molecule has 0 atom stereocenters. The largest absolute Gasteiger partial charge is 0.329 e. The van der Waals surface area contributed by atoms with Crippen LogP contribution in [0, 0.1) is 5.82 Å². The minimum atomic E-state index is -0.163. The van der Waals surface area contributed by atoms with Crippen LogP contribution in [0.2, 0.25) is 0 Å². The van der Waals surface area contributed by atoms with Gasteiger partial charge in [0.25, 0.3) is 0 Å². The normalized spacial score (nSPS) is 18.8. The summed E-state index contributed by atoms with van der Waals surface area (Å²) in [7, 11) is 2.10. The molecule has 1 aliphatic carbocycles. The third-order valence-corrected chi connectivity index (χ3v) is 4.03. The van der Waals surface area contributed by atoms with Crippen LogP contribution in [0.3, 0.4) is 0 Å². The number of benzene rings is 1. The van der Waals surface area contributed by atoms with E-state index in [0.29, 0.717) is 6.54 Å². The van der Waals surface area contributed by atoms with Gasteiger partial charge in [0.05, 0.1) is 0 Å². The van der Waals surface area contributed by atoms with Crippen LogP contribution in [0.4, 0.5) is 4.39 Å². The SMILES string of the molecule is CN(Cc1cccc(F)c1)C1(CN)CCCC1. The van der Waals surface area contributed by atoms with Gasteiger partial charge in [-0.2, -0.15) is 0 Å². The van der Waals surface area contributed by atoms with E-state index in [-0.39, 0.29) is 11.4 Å². The monoisotopic (exact) mass is 236 g/mol. The van der Waals surface area contributed by atoms with Crippen molar-refractivity contribution in [2.45, 2.75) is 37.8 Å². The fourth-order valence-electron chi connectivity index (χ4n) is 2.85. The molecule has 0 bridgehead atoms. The van der Waals surface area contributed by atoms with E-state index < -0.39 is 0 Å². The highest BCUT2D eigenvalue weighted by atomic mass is 19.1. The van der Waals surface area contributed by atoms with Crippen molar-refractivity contribution in [1.82, 2.24) is 4.90 Å². The van der Waals surface area contributed by atoms with Crippen molar-refractivity contribution in [3.8, 4) is 0 Å². The Morgan fingerprint density at radius 1 is 1.35 bits per heavy atom. The first-order valence-electron chi connectivity index (χ1n) is 6.32. The highest BCUT2D eigenvalue weighted by Crippen LogP contribution is 2.34. The first kappa shape index (κ1) is 12.5. The van der Waals surface area contributed by atoms with Crippen LogP contribution in [0.25, 0.3) is 0 Å². The van der Waals surface area contributed by atoms with Crippen LogP contribution in [0.5, 0.6) is 0 Å². The Labute approximate surface area is 103 Å². The second-order valence-electron chi connectivity index (χ2n) is 5.12. The molecule has 0 radical (unpaired) electrons. The third kappa shape index (κ3) is 2.67. The molecule has 1 fully saturated rings. The molecular formula is C14H21FN2. The molecule has 0 heterocycles. The fraction of sp³-hybridized carbons (Fsp3) is 0.571. The Kier molecular flexibility index (Phi) is 3.79. The molecule has 0 saturated heterocycles. The zero-order valence-corrected chi connectivity index (χ0v) is 10.5. The van der Waals surface area contributed by atoms with Gasteiger partial charge < -0.3 is 5.73 Å². The first-order chi connectivity index (χ1) is 8.16. The molecule has 1 aliphatic rings. The Morgan fingerprint density at radius 2 is 2.06 bits per heavy atom. The fourth-order valence-corrected chi connectivity index (χ4v) is 2.85. The molecule has 2 nitrogen and oxygen atoms in total. The third-order valence-electron chi connectivity index (χ3n) is 4.03. The van der Waals surface area contributed by atoms with Gasteiger partial charge in [-0.15, -0.1) is 0 Å². The van der Waals surface area contributed by atoms with Crippen LogP contribution in [-0.2, 0) is 6.54 Å². The van der Waals surface area contributed by atoms with Crippen molar-refractivity contribution in [1.29, 1.82) is 0 Å². The molecular weight excluding hydrogens is 215 g/mol. The van der Waals surface area contributed by atoms with E-state index in [1.54, 1.807) is 12.1 Å². The molecule has 0 aliphatic heterocycles. The van der Waals surface area contributed by atoms with Crippen molar-refractivity contribution >= 4 is 0 Å². The molecule has 0 spiro atoms. The molecule has 0 amide bonds. The van der Waals surface area contributed by atoms with E-state index in [2.05, 4.69) is 11.9 Å². The lowest BCUT2D eigenvalue weighted by molar-refractivity contribution is 0.124. The predicted octanol–water partition coefficient (Wildman–Crippen LogP) is 2.53. The molecule has 1 aromatic rings. The number of halogens is 1. The van der Waals surface area contributed by atoms with Gasteiger partial charge in [-0.1, -0.05) is 25.0 Å². The summed E-state index contributed by atoms with van der Waals surface area (Å²) in [5, 5.41) is 0. The number of rotatable bonds is 4. The molecule has 0 unspecified atom stereocenters. The molecule has 0 aromatic heterocycles. The maximum atomic E-state index is 13.1. The highest BCUT2D eigenvalue weighted by molar-refractivity contribution is 5.16. The molecule has 1 aromatic carbocycles. The lowest BCUT2D eigenvalue weighted by atomic mass is 9.95. The van der Waals surface area contributed by atoms with Crippen molar-refractivity contribution in [3.63, 3.8) is 0 Å². The highest BCUT2D eigenvalue weighted by Gasteiger charge is 2.36. The minimum Gasteiger partial charge on any atom is -0.329 e. The summed E-state index contributed by atoms with van der Waals surface area (Å²) < 4.78 is 13.1. The van der Waals surface area contributed by atoms with E-state index in [4.69, 9.17) is 5.73 Å². The van der Waals surface area contributed by atoms with E-state index in [9.17, 15) is 4.39 Å². The Bertz CT molecular complexity index is 372. The molecule has 94 valence electrons. The summed E-state index contributed by atoms with van der Waals surface area (Å²) in [5.41, 5.74) is 7.09. The van der Waals surface area contributed by atoms with Crippen LogP contribution in [0.15, 0.2) is 24.3 Å². The number of hydrogen-bond donors (Lipinski definition) is 1. The average molecular weight is 236 g/mol. The maximum absolute atomic E-state index is 13.1. The first-order valence-corrected chi connectivity index (χ1v) is 6.32. The van der Waals surface area contributed by atoms with Crippen LogP contribution in [0.1, 0.15) is 31.2 Å². The van der Waals surface area contributed by atoms with Crippen molar-refractivity contribution < 1.29 is 4.39 Å². The van der Waals surface area contributed by atoms with E-state index in [1.165, 1.54) is 18.9 Å². The molecule has 2 rings (SSSR count). The Hall–Kier alpha value is -0.930. The lowest BCUT2D eigenvalue weighted by Gasteiger charge is -2.38. The second-order valence-corrected chi connectivity index (χ2v) is 5.12. The van der Waals surface area contributed by atoms with Crippen molar-refractivity contribution in [2.75, 3.05) is 13.6 Å². The molecule has 3 heteroatoms. The second kappa shape index (κ2) is 5.15. The van der Waals surface area contributed by atoms with Gasteiger partial charge in [-0.25, -0.2) is 4.39 Å². The summed E-state index contributed by atoms with van der Waals surface area (Å²) in [6.45, 7) is 1.47. The summed E-state index contributed by atoms with van der Waals surface area (Å²) in [5.74, 6) is -0.163. The van der Waals surface area contributed by atoms with Crippen LogP contribution < -0.4 is 5.73 Å². The van der Waals surface area contributed by atoms with Crippen LogP contribution in [-0.4, -0.2) is 24.0 Å². The van der Waals surface area contributed by atoms with Crippen molar-refractivity contribution in [2.24, 2.45) is 5.73 Å². The summed E-state index contributed by atoms with van der Waals surface area (Å²) in [6.07, 6.45) is 4.83. The van der Waals surface area contributed by atoms with E-state index in [0.717, 1.165) is 24.9 Å². The van der Waals surface area contributed by atoms with Gasteiger partial charge in [0.1, 0.15) is 5.82 Å². The average Bonchev–Trinajstić information content (AvgIpc) is 2.78. The Morgan fingerprint density at radius 3 is 2.65 bits per heavy atom. The smallest absolute Gasteiger partial charge is 0.123 e. The maximum Gasteiger partial charge on any atom is 0.123 e. The zero-order valence-electron chi connectivity index (χ0n) is 10.5. The topological polar surface area (TPSA) is 29.3 Å². The molecule has 17 heavy (non-hydrogen) atoms. The van der Waals surface area contributed by atoms with E-state index in [1.807, 2.05) is 6.07 Å². The van der Waals surface area contributed by atoms with E-state index >= 15 is 0 Å². The lowest BCUT2D eigenvalue weighted by Crippen LogP contribution is -2.49. The van der Waals surface area contributed by atoms with Gasteiger partial charge in [-0.3, -0.25) is 4.90 Å². The number of nitrogens with two attached hydrogens (primary N) is 1. The summed E-state index contributed by atoms with van der Waals surface area (Å²) in [6, 6.07) is 6.83. The number of hydrogen-bond acceptors (Lipinski definition) is 2. The van der Waals surface area contributed by atoms with Crippen LogP contribution >= 0.6 is 0 Å². The quantitative estimate of drug-likeness (QED) is 0.870. The van der Waals surface area contributed by atoms with Gasteiger partial charge >= 0.3 is 0 Å². The molecule has 1 saturated carbocycles. The van der Waals surface area contributed by atoms with Gasteiger partial charge in [0.15, 0.2) is 0 Å². The predicted molar refractivity (Wildman–Crippen MR) is 68.1 cm³/mol. The molecule has 2 N–H and O–H groups in total. The summed E-state index contributed by atoms with van der Waals surface area (Å²) in [4.78, 5) is 2.30. The standard InChI is InChI=1S/C14H21FN2/c1-17(14(11-16)7-2-3-8-14)10-12-5-4-6-13(15)9-12/h4-6,9H,2-3,7-8,10-11,16H2,1H3. The number of nitrogens with zero attached hydrogens (tertiary/aromatic N) is 1. The summed E-state index contributed by atoms with van der Waals surface area (Å²) >= 11 is 0.